The fourth-order valence-corrected chi connectivity index (χ4v) is 3.66. The van der Waals surface area contributed by atoms with Crippen molar-refractivity contribution in [2.45, 2.75) is 9.79 Å². The number of hydrogen-bond acceptors (Lipinski definition) is 3. The zero-order chi connectivity index (χ0) is 15.3. The lowest BCUT2D eigenvalue weighted by atomic mass is 10.3. The van der Waals surface area contributed by atoms with E-state index in [4.69, 9.17) is 0 Å². The van der Waals surface area contributed by atoms with E-state index in [9.17, 15) is 17.2 Å². The molecular formula is C14H13F2NO2S2. The van der Waals surface area contributed by atoms with Crippen LogP contribution >= 0.6 is 11.8 Å². The topological polar surface area (TPSA) is 46.2 Å². The van der Waals surface area contributed by atoms with E-state index in [1.807, 2.05) is 30.3 Å². The molecule has 0 aliphatic carbocycles. The van der Waals surface area contributed by atoms with Crippen molar-refractivity contribution in [2.75, 3.05) is 12.3 Å². The highest BCUT2D eigenvalue weighted by atomic mass is 32.2. The fraction of sp³-hybridized carbons (Fsp3) is 0.143. The van der Waals surface area contributed by atoms with Gasteiger partial charge in [-0.1, -0.05) is 18.2 Å². The van der Waals surface area contributed by atoms with Crippen LogP contribution in [-0.4, -0.2) is 20.7 Å². The first-order chi connectivity index (χ1) is 9.99. The molecule has 0 atom stereocenters. The summed E-state index contributed by atoms with van der Waals surface area (Å²) in [6.07, 6.45) is 0. The second kappa shape index (κ2) is 7.02. The Balaban J connectivity index is 1.94. The molecule has 0 bridgehead atoms. The lowest BCUT2D eigenvalue weighted by molar-refractivity contribution is 0.547. The van der Waals surface area contributed by atoms with Crippen LogP contribution < -0.4 is 4.72 Å². The minimum absolute atomic E-state index is 0.123. The molecule has 7 heteroatoms. The maximum Gasteiger partial charge on any atom is 0.243 e. The number of sulfonamides is 1. The van der Waals surface area contributed by atoms with Crippen LogP contribution in [0.1, 0.15) is 0 Å². The van der Waals surface area contributed by atoms with Gasteiger partial charge in [0.15, 0.2) is 0 Å². The first-order valence-corrected chi connectivity index (χ1v) is 8.58. The van der Waals surface area contributed by atoms with Gasteiger partial charge >= 0.3 is 0 Å². The molecule has 0 aromatic heterocycles. The third-order valence-corrected chi connectivity index (χ3v) is 5.08. The Morgan fingerprint density at radius 2 is 1.76 bits per heavy atom. The van der Waals surface area contributed by atoms with Gasteiger partial charge in [-0.15, -0.1) is 11.8 Å². The van der Waals surface area contributed by atoms with Crippen LogP contribution in [0.3, 0.4) is 0 Å². The molecular weight excluding hydrogens is 316 g/mol. The minimum atomic E-state index is -4.05. The number of thioether (sulfide) groups is 1. The summed E-state index contributed by atoms with van der Waals surface area (Å²) >= 11 is 1.47. The first-order valence-electron chi connectivity index (χ1n) is 6.11. The van der Waals surface area contributed by atoms with Gasteiger partial charge in [-0.3, -0.25) is 0 Å². The van der Waals surface area contributed by atoms with E-state index in [2.05, 4.69) is 4.72 Å². The fourth-order valence-electron chi connectivity index (χ4n) is 1.62. The van der Waals surface area contributed by atoms with Crippen molar-refractivity contribution < 1.29 is 17.2 Å². The van der Waals surface area contributed by atoms with Crippen LogP contribution in [0.4, 0.5) is 8.78 Å². The molecule has 0 saturated heterocycles. The van der Waals surface area contributed by atoms with Crippen molar-refractivity contribution >= 4 is 21.8 Å². The van der Waals surface area contributed by atoms with Crippen molar-refractivity contribution in [1.29, 1.82) is 0 Å². The lowest BCUT2D eigenvalue weighted by Crippen LogP contribution is -2.27. The standard InChI is InChI=1S/C14H13F2NO2S2/c15-11-6-7-13(16)14(10-11)21(18,19)17-8-9-20-12-4-2-1-3-5-12/h1-7,10,17H,8-9H2. The largest absolute Gasteiger partial charge is 0.243 e. The van der Waals surface area contributed by atoms with E-state index < -0.39 is 26.6 Å². The smallest absolute Gasteiger partial charge is 0.210 e. The Hall–Kier alpha value is -1.44. The van der Waals surface area contributed by atoms with Crippen molar-refractivity contribution in [1.82, 2.24) is 4.72 Å². The van der Waals surface area contributed by atoms with Crippen molar-refractivity contribution in [3.8, 4) is 0 Å². The van der Waals surface area contributed by atoms with E-state index in [-0.39, 0.29) is 6.54 Å². The van der Waals surface area contributed by atoms with Crippen LogP contribution in [0, 0.1) is 11.6 Å². The molecule has 0 aliphatic rings. The van der Waals surface area contributed by atoms with Gasteiger partial charge in [0.2, 0.25) is 10.0 Å². The van der Waals surface area contributed by atoms with Gasteiger partial charge in [0.1, 0.15) is 16.5 Å². The van der Waals surface area contributed by atoms with Gasteiger partial charge in [-0.05, 0) is 30.3 Å². The zero-order valence-corrected chi connectivity index (χ0v) is 12.6. The van der Waals surface area contributed by atoms with Crippen molar-refractivity contribution in [2.24, 2.45) is 0 Å². The Bertz CT molecular complexity index is 706. The van der Waals surface area contributed by atoms with E-state index >= 15 is 0 Å². The highest BCUT2D eigenvalue weighted by Crippen LogP contribution is 2.18. The number of nitrogens with one attached hydrogen (secondary N) is 1. The zero-order valence-electron chi connectivity index (χ0n) is 10.9. The maximum absolute atomic E-state index is 13.4. The normalized spacial score (nSPS) is 11.5. The van der Waals surface area contributed by atoms with Gasteiger partial charge in [-0.25, -0.2) is 21.9 Å². The van der Waals surface area contributed by atoms with E-state index in [0.717, 1.165) is 17.0 Å². The maximum atomic E-state index is 13.4. The minimum Gasteiger partial charge on any atom is -0.210 e. The predicted octanol–water partition coefficient (Wildman–Crippen LogP) is 3.04. The van der Waals surface area contributed by atoms with Crippen LogP contribution in [0.2, 0.25) is 0 Å². The molecule has 3 nitrogen and oxygen atoms in total. The molecule has 0 unspecified atom stereocenters. The number of halogens is 2. The third kappa shape index (κ3) is 4.52. The number of hydrogen-bond donors (Lipinski definition) is 1. The molecule has 21 heavy (non-hydrogen) atoms. The van der Waals surface area contributed by atoms with Gasteiger partial charge in [-0.2, -0.15) is 0 Å². The molecule has 0 amide bonds. The molecule has 0 spiro atoms. The van der Waals surface area contributed by atoms with Crippen LogP contribution in [0.25, 0.3) is 0 Å². The molecule has 0 aliphatic heterocycles. The molecule has 2 rings (SSSR count). The first kappa shape index (κ1) is 15.9. The number of rotatable bonds is 6. The van der Waals surface area contributed by atoms with Gasteiger partial charge < -0.3 is 0 Å². The summed E-state index contributed by atoms with van der Waals surface area (Å²) in [6, 6.07) is 11.8. The predicted molar refractivity (Wildman–Crippen MR) is 78.7 cm³/mol. The lowest BCUT2D eigenvalue weighted by Gasteiger charge is -2.07. The van der Waals surface area contributed by atoms with E-state index in [1.54, 1.807) is 0 Å². The average Bonchev–Trinajstić information content (AvgIpc) is 2.47. The Labute approximate surface area is 126 Å². The Kier molecular flexibility index (Phi) is 5.33. The summed E-state index contributed by atoms with van der Waals surface area (Å²) in [5, 5.41) is 0. The summed E-state index contributed by atoms with van der Waals surface area (Å²) in [5.74, 6) is -1.28. The Morgan fingerprint density at radius 3 is 2.48 bits per heavy atom. The van der Waals surface area contributed by atoms with Gasteiger partial charge in [0, 0.05) is 17.2 Å². The molecule has 0 heterocycles. The quantitative estimate of drug-likeness (QED) is 0.654. The molecule has 1 N–H and O–H groups in total. The second-order valence-electron chi connectivity index (χ2n) is 4.13. The summed E-state index contributed by atoms with van der Waals surface area (Å²) in [4.78, 5) is 0.334. The average molecular weight is 329 g/mol. The third-order valence-electron chi connectivity index (χ3n) is 2.59. The van der Waals surface area contributed by atoms with E-state index in [0.29, 0.717) is 11.8 Å². The SMILES string of the molecule is O=S(=O)(NCCSc1ccccc1)c1cc(F)ccc1F. The van der Waals surface area contributed by atoms with Crippen LogP contribution in [-0.2, 0) is 10.0 Å². The van der Waals surface area contributed by atoms with Crippen molar-refractivity contribution in [3.05, 3.63) is 60.2 Å². The highest BCUT2D eigenvalue weighted by Gasteiger charge is 2.19. The summed E-state index contributed by atoms with van der Waals surface area (Å²) in [5.41, 5.74) is 0. The molecule has 2 aromatic rings. The number of benzene rings is 2. The molecule has 0 fully saturated rings. The van der Waals surface area contributed by atoms with Gasteiger partial charge in [0.05, 0.1) is 0 Å². The monoisotopic (exact) mass is 329 g/mol. The molecule has 0 saturated carbocycles. The van der Waals surface area contributed by atoms with Gasteiger partial charge in [0.25, 0.3) is 0 Å². The summed E-state index contributed by atoms with van der Waals surface area (Å²) in [6.45, 7) is 0.123. The van der Waals surface area contributed by atoms with Crippen molar-refractivity contribution in [3.63, 3.8) is 0 Å². The second-order valence-corrected chi connectivity index (χ2v) is 7.04. The summed E-state index contributed by atoms with van der Waals surface area (Å²) in [7, 11) is -4.05. The van der Waals surface area contributed by atoms with E-state index in [1.165, 1.54) is 11.8 Å². The Morgan fingerprint density at radius 1 is 1.05 bits per heavy atom. The highest BCUT2D eigenvalue weighted by molar-refractivity contribution is 7.99. The van der Waals surface area contributed by atoms with Crippen LogP contribution in [0.5, 0.6) is 0 Å². The van der Waals surface area contributed by atoms with Crippen LogP contribution in [0.15, 0.2) is 58.3 Å². The molecule has 112 valence electrons. The molecule has 0 radical (unpaired) electrons. The molecule has 2 aromatic carbocycles. The summed E-state index contributed by atoms with van der Waals surface area (Å²) < 4.78 is 52.5.